The molecule has 0 unspecified atom stereocenters. The summed E-state index contributed by atoms with van der Waals surface area (Å²) in [5, 5.41) is 1.22. The minimum absolute atomic E-state index is 0.00377. The average molecular weight is 445 g/mol. The second-order valence-corrected chi connectivity index (χ2v) is 8.45. The molecule has 1 heterocycles. The number of hydrogen-bond acceptors (Lipinski definition) is 3. The molecule has 0 aliphatic heterocycles. The van der Waals surface area contributed by atoms with E-state index in [0.717, 1.165) is 23.5 Å². The highest BCUT2D eigenvalue weighted by Gasteiger charge is 2.19. The summed E-state index contributed by atoms with van der Waals surface area (Å²) in [6, 6.07) is 13.1. The Labute approximate surface area is 187 Å². The molecular weight excluding hydrogens is 419 g/mol. The number of likely N-dealkylation sites (N-methyl/N-ethyl adjacent to an activating group) is 1. The van der Waals surface area contributed by atoms with E-state index in [4.69, 9.17) is 23.2 Å². The highest BCUT2D eigenvalue weighted by Crippen LogP contribution is 2.22. The number of imidazole rings is 1. The fourth-order valence-electron chi connectivity index (χ4n) is 3.09. The van der Waals surface area contributed by atoms with E-state index in [1.54, 1.807) is 12.3 Å². The molecule has 0 bridgehead atoms. The van der Waals surface area contributed by atoms with E-state index in [1.165, 1.54) is 0 Å². The largest absolute Gasteiger partial charge is 0.330 e. The Hall–Kier alpha value is -2.34. The van der Waals surface area contributed by atoms with E-state index in [1.807, 2.05) is 73.1 Å². The minimum atomic E-state index is -0.00377. The molecule has 1 aromatic heterocycles. The molecule has 0 fully saturated rings. The molecule has 0 radical (unpaired) electrons. The summed E-state index contributed by atoms with van der Waals surface area (Å²) < 4.78 is 2.01. The first-order chi connectivity index (χ1) is 14.3. The molecule has 0 aliphatic rings. The van der Waals surface area contributed by atoms with E-state index in [-0.39, 0.29) is 5.91 Å². The van der Waals surface area contributed by atoms with E-state index in [0.29, 0.717) is 35.2 Å². The maximum Gasteiger partial charge on any atom is 0.254 e. The van der Waals surface area contributed by atoms with Gasteiger partial charge in [-0.05, 0) is 50.8 Å². The smallest absolute Gasteiger partial charge is 0.254 e. The van der Waals surface area contributed by atoms with Crippen molar-refractivity contribution < 1.29 is 4.79 Å². The molecule has 1 amide bonds. The molecule has 7 heteroatoms. The predicted octanol–water partition coefficient (Wildman–Crippen LogP) is 4.75. The Morgan fingerprint density at radius 2 is 1.80 bits per heavy atom. The number of aryl methyl sites for hydroxylation is 1. The first kappa shape index (κ1) is 22.3. The lowest BCUT2D eigenvalue weighted by molar-refractivity contribution is 0.0726. The summed E-state index contributed by atoms with van der Waals surface area (Å²) in [7, 11) is 4.00. The molecule has 30 heavy (non-hydrogen) atoms. The number of amides is 1. The topological polar surface area (TPSA) is 41.4 Å². The molecule has 0 spiro atoms. The van der Waals surface area contributed by atoms with Gasteiger partial charge in [0.2, 0.25) is 0 Å². The summed E-state index contributed by atoms with van der Waals surface area (Å²) in [6.07, 6.45) is 3.65. The van der Waals surface area contributed by atoms with Gasteiger partial charge in [0.1, 0.15) is 5.82 Å². The van der Waals surface area contributed by atoms with Crippen LogP contribution >= 0.6 is 23.2 Å². The number of benzene rings is 2. The van der Waals surface area contributed by atoms with Crippen molar-refractivity contribution in [3.05, 3.63) is 87.4 Å². The van der Waals surface area contributed by atoms with Crippen LogP contribution in [0.5, 0.6) is 0 Å². The Morgan fingerprint density at radius 1 is 1.07 bits per heavy atom. The zero-order valence-corrected chi connectivity index (χ0v) is 19.0. The van der Waals surface area contributed by atoms with Crippen LogP contribution in [0.2, 0.25) is 10.0 Å². The van der Waals surface area contributed by atoms with Gasteiger partial charge in [0, 0.05) is 41.1 Å². The molecule has 0 atom stereocenters. The minimum Gasteiger partial charge on any atom is -0.330 e. The lowest BCUT2D eigenvalue weighted by atomic mass is 10.1. The Morgan fingerprint density at radius 3 is 2.47 bits per heavy atom. The number of hydrogen-bond donors (Lipinski definition) is 0. The third-order valence-corrected chi connectivity index (χ3v) is 5.48. The zero-order chi connectivity index (χ0) is 21.7. The fourth-order valence-corrected chi connectivity index (χ4v) is 3.56. The van der Waals surface area contributed by atoms with Crippen LogP contribution in [0.1, 0.15) is 27.3 Å². The molecule has 0 saturated heterocycles. The number of nitrogens with zero attached hydrogens (tertiary/aromatic N) is 4. The van der Waals surface area contributed by atoms with Crippen molar-refractivity contribution in [2.75, 3.05) is 27.2 Å². The number of rotatable bonds is 8. The van der Waals surface area contributed by atoms with Gasteiger partial charge in [0.05, 0.1) is 13.1 Å². The first-order valence-electron chi connectivity index (χ1n) is 9.78. The monoisotopic (exact) mass is 444 g/mol. The maximum atomic E-state index is 13.2. The first-order valence-corrected chi connectivity index (χ1v) is 10.5. The Bertz CT molecular complexity index is 999. The van der Waals surface area contributed by atoms with Gasteiger partial charge < -0.3 is 14.4 Å². The van der Waals surface area contributed by atoms with Crippen molar-refractivity contribution >= 4 is 29.1 Å². The highest BCUT2D eigenvalue weighted by molar-refractivity contribution is 6.35. The molecule has 0 saturated carbocycles. The van der Waals surface area contributed by atoms with E-state index >= 15 is 0 Å². The van der Waals surface area contributed by atoms with Crippen LogP contribution in [0.4, 0.5) is 0 Å². The number of carbonyl (C=O) groups excluding carboxylic acids is 1. The van der Waals surface area contributed by atoms with E-state index < -0.39 is 0 Å². The third kappa shape index (κ3) is 5.85. The van der Waals surface area contributed by atoms with Gasteiger partial charge in [-0.3, -0.25) is 4.79 Å². The molecule has 2 aromatic carbocycles. The van der Waals surface area contributed by atoms with Gasteiger partial charge in [-0.1, -0.05) is 47.0 Å². The SMILES string of the molecule is Cc1ccc(C(=O)N(CCN(C)C)Cc2nccn2Cc2ccc(Cl)cc2Cl)cc1. The summed E-state index contributed by atoms with van der Waals surface area (Å²) in [6.45, 7) is 4.36. The summed E-state index contributed by atoms with van der Waals surface area (Å²) in [5.74, 6) is 0.802. The molecular formula is C23H26Cl2N4O. The van der Waals surface area contributed by atoms with Crippen LogP contribution in [0, 0.1) is 6.92 Å². The van der Waals surface area contributed by atoms with E-state index in [9.17, 15) is 4.79 Å². The molecule has 3 aromatic rings. The standard InChI is InChI=1S/C23H26Cl2N4O/c1-17-4-6-18(7-5-17)23(30)29(13-12-27(2)3)16-22-26-10-11-28(22)15-19-8-9-20(24)14-21(19)25/h4-11,14H,12-13,15-16H2,1-3H3. The highest BCUT2D eigenvalue weighted by atomic mass is 35.5. The van der Waals surface area contributed by atoms with E-state index in [2.05, 4.69) is 9.88 Å². The quantitative estimate of drug-likeness (QED) is 0.503. The summed E-state index contributed by atoms with van der Waals surface area (Å²) >= 11 is 12.4. The molecule has 0 aliphatic carbocycles. The second-order valence-electron chi connectivity index (χ2n) is 7.60. The summed E-state index contributed by atoms with van der Waals surface area (Å²) in [4.78, 5) is 21.6. The van der Waals surface area contributed by atoms with Crippen LogP contribution in [-0.2, 0) is 13.1 Å². The molecule has 3 rings (SSSR count). The van der Waals surface area contributed by atoms with Crippen molar-refractivity contribution in [2.24, 2.45) is 0 Å². The number of aromatic nitrogens is 2. The predicted molar refractivity (Wildman–Crippen MR) is 122 cm³/mol. The third-order valence-electron chi connectivity index (χ3n) is 4.89. The lowest BCUT2D eigenvalue weighted by Crippen LogP contribution is -2.37. The van der Waals surface area contributed by atoms with Crippen molar-refractivity contribution in [3.63, 3.8) is 0 Å². The van der Waals surface area contributed by atoms with Gasteiger partial charge in [0.15, 0.2) is 0 Å². The molecule has 0 N–H and O–H groups in total. The summed E-state index contributed by atoms with van der Waals surface area (Å²) in [5.41, 5.74) is 2.75. The van der Waals surface area contributed by atoms with Gasteiger partial charge >= 0.3 is 0 Å². The fraction of sp³-hybridized carbons (Fsp3) is 0.304. The molecule has 158 valence electrons. The van der Waals surface area contributed by atoms with Gasteiger partial charge in [-0.25, -0.2) is 4.98 Å². The van der Waals surface area contributed by atoms with Gasteiger partial charge in [-0.2, -0.15) is 0 Å². The number of halogens is 2. The van der Waals surface area contributed by atoms with Crippen molar-refractivity contribution in [3.8, 4) is 0 Å². The van der Waals surface area contributed by atoms with Gasteiger partial charge in [0.25, 0.3) is 5.91 Å². The molecule has 5 nitrogen and oxygen atoms in total. The van der Waals surface area contributed by atoms with Crippen molar-refractivity contribution in [1.29, 1.82) is 0 Å². The Kier molecular flexibility index (Phi) is 7.53. The van der Waals surface area contributed by atoms with Gasteiger partial charge in [-0.15, -0.1) is 0 Å². The van der Waals surface area contributed by atoms with Crippen LogP contribution in [0.25, 0.3) is 0 Å². The van der Waals surface area contributed by atoms with Crippen LogP contribution in [0.15, 0.2) is 54.9 Å². The van der Waals surface area contributed by atoms with Crippen molar-refractivity contribution in [1.82, 2.24) is 19.4 Å². The number of carbonyl (C=O) groups is 1. The second kappa shape index (κ2) is 10.1. The van der Waals surface area contributed by atoms with Crippen LogP contribution in [-0.4, -0.2) is 52.4 Å². The Balaban J connectivity index is 1.81. The van der Waals surface area contributed by atoms with Crippen LogP contribution < -0.4 is 0 Å². The van der Waals surface area contributed by atoms with Crippen LogP contribution in [0.3, 0.4) is 0 Å². The zero-order valence-electron chi connectivity index (χ0n) is 17.5. The maximum absolute atomic E-state index is 13.2. The normalized spacial score (nSPS) is 11.1. The lowest BCUT2D eigenvalue weighted by Gasteiger charge is -2.25. The van der Waals surface area contributed by atoms with Crippen molar-refractivity contribution in [2.45, 2.75) is 20.0 Å². The average Bonchev–Trinajstić information content (AvgIpc) is 3.14.